The third-order valence-electron chi connectivity index (χ3n) is 3.18. The Balaban J connectivity index is 2.23. The van der Waals surface area contributed by atoms with Gasteiger partial charge in [-0.15, -0.1) is 0 Å². The molecule has 1 saturated heterocycles. The number of anilines is 1. The molecule has 0 saturated carbocycles. The first-order chi connectivity index (χ1) is 7.76. The molecule has 0 radical (unpaired) electrons. The number of rotatable bonds is 3. The SMILES string of the molecule is NCc1ccc(N2CCCC2CO)cc1F. The first kappa shape index (κ1) is 11.4. The Bertz CT molecular complexity index is 370. The standard InChI is InChI=1S/C12H17FN2O/c13-12-6-10(4-3-9(12)7-14)15-5-1-2-11(15)8-16/h3-4,6,11,16H,1-2,5,7-8,14H2. The minimum Gasteiger partial charge on any atom is -0.394 e. The van der Waals surface area contributed by atoms with E-state index in [2.05, 4.69) is 4.90 Å². The maximum atomic E-state index is 13.6. The van der Waals surface area contributed by atoms with Crippen LogP contribution < -0.4 is 10.6 Å². The molecule has 2 rings (SSSR count). The Morgan fingerprint density at radius 1 is 1.50 bits per heavy atom. The monoisotopic (exact) mass is 224 g/mol. The highest BCUT2D eigenvalue weighted by molar-refractivity contribution is 5.50. The second-order valence-corrected chi connectivity index (χ2v) is 4.15. The molecule has 88 valence electrons. The number of nitrogens with two attached hydrogens (primary N) is 1. The molecule has 0 bridgehead atoms. The molecule has 1 atom stereocenters. The third kappa shape index (κ3) is 2.03. The van der Waals surface area contributed by atoms with E-state index in [9.17, 15) is 9.50 Å². The van der Waals surface area contributed by atoms with Crippen LogP contribution in [0.2, 0.25) is 0 Å². The zero-order chi connectivity index (χ0) is 11.5. The van der Waals surface area contributed by atoms with Crippen molar-refractivity contribution < 1.29 is 9.50 Å². The lowest BCUT2D eigenvalue weighted by atomic mass is 10.1. The lowest BCUT2D eigenvalue weighted by molar-refractivity contribution is 0.266. The van der Waals surface area contributed by atoms with Gasteiger partial charge in [0.1, 0.15) is 5.82 Å². The van der Waals surface area contributed by atoms with Crippen molar-refractivity contribution >= 4 is 5.69 Å². The van der Waals surface area contributed by atoms with Crippen LogP contribution in [-0.2, 0) is 6.54 Å². The summed E-state index contributed by atoms with van der Waals surface area (Å²) in [5.41, 5.74) is 6.78. The van der Waals surface area contributed by atoms with Crippen LogP contribution in [0.15, 0.2) is 18.2 Å². The summed E-state index contributed by atoms with van der Waals surface area (Å²) in [5.74, 6) is -0.261. The van der Waals surface area contributed by atoms with Crippen molar-refractivity contribution in [1.82, 2.24) is 0 Å². The van der Waals surface area contributed by atoms with Gasteiger partial charge in [0.2, 0.25) is 0 Å². The van der Waals surface area contributed by atoms with E-state index in [1.165, 1.54) is 6.07 Å². The van der Waals surface area contributed by atoms with Gasteiger partial charge in [-0.3, -0.25) is 0 Å². The summed E-state index contributed by atoms with van der Waals surface area (Å²) in [6, 6.07) is 5.23. The molecule has 1 aliphatic rings. The Labute approximate surface area is 94.7 Å². The Morgan fingerprint density at radius 3 is 2.94 bits per heavy atom. The second-order valence-electron chi connectivity index (χ2n) is 4.15. The number of hydrogen-bond acceptors (Lipinski definition) is 3. The van der Waals surface area contributed by atoms with E-state index in [-0.39, 0.29) is 25.0 Å². The van der Waals surface area contributed by atoms with Gasteiger partial charge < -0.3 is 15.7 Å². The van der Waals surface area contributed by atoms with Crippen LogP contribution in [0.4, 0.5) is 10.1 Å². The molecular weight excluding hydrogens is 207 g/mol. The van der Waals surface area contributed by atoms with E-state index in [0.29, 0.717) is 5.56 Å². The van der Waals surface area contributed by atoms with Gasteiger partial charge in [-0.1, -0.05) is 6.07 Å². The quantitative estimate of drug-likeness (QED) is 0.812. The molecule has 16 heavy (non-hydrogen) atoms. The number of benzene rings is 1. The van der Waals surface area contributed by atoms with E-state index < -0.39 is 0 Å². The average molecular weight is 224 g/mol. The largest absolute Gasteiger partial charge is 0.394 e. The molecule has 0 aliphatic carbocycles. The average Bonchev–Trinajstić information content (AvgIpc) is 2.77. The van der Waals surface area contributed by atoms with Gasteiger partial charge in [-0.2, -0.15) is 0 Å². The van der Waals surface area contributed by atoms with E-state index in [4.69, 9.17) is 5.73 Å². The fourth-order valence-electron chi connectivity index (χ4n) is 2.25. The number of halogens is 1. The van der Waals surface area contributed by atoms with Gasteiger partial charge >= 0.3 is 0 Å². The lowest BCUT2D eigenvalue weighted by Gasteiger charge is -2.25. The van der Waals surface area contributed by atoms with Crippen LogP contribution in [0.1, 0.15) is 18.4 Å². The molecule has 0 amide bonds. The molecule has 1 fully saturated rings. The molecule has 0 aromatic heterocycles. The van der Waals surface area contributed by atoms with Crippen LogP contribution in [0.3, 0.4) is 0 Å². The van der Waals surface area contributed by atoms with Crippen LogP contribution in [0.25, 0.3) is 0 Å². The molecule has 3 nitrogen and oxygen atoms in total. The summed E-state index contributed by atoms with van der Waals surface area (Å²) in [6.45, 7) is 1.22. The Kier molecular flexibility index (Phi) is 3.41. The van der Waals surface area contributed by atoms with Crippen LogP contribution >= 0.6 is 0 Å². The second kappa shape index (κ2) is 4.80. The zero-order valence-electron chi connectivity index (χ0n) is 9.19. The van der Waals surface area contributed by atoms with Gasteiger partial charge in [-0.25, -0.2) is 4.39 Å². The van der Waals surface area contributed by atoms with Crippen LogP contribution in [-0.4, -0.2) is 24.3 Å². The Morgan fingerprint density at radius 2 is 2.31 bits per heavy atom. The summed E-state index contributed by atoms with van der Waals surface area (Å²) in [6.07, 6.45) is 2.02. The van der Waals surface area contributed by atoms with Crippen molar-refractivity contribution in [2.24, 2.45) is 5.73 Å². The van der Waals surface area contributed by atoms with E-state index in [1.54, 1.807) is 6.07 Å². The third-order valence-corrected chi connectivity index (χ3v) is 3.18. The van der Waals surface area contributed by atoms with Gasteiger partial charge in [0, 0.05) is 24.3 Å². The van der Waals surface area contributed by atoms with E-state index in [0.717, 1.165) is 25.1 Å². The first-order valence-corrected chi connectivity index (χ1v) is 5.62. The molecular formula is C12H17FN2O. The highest BCUT2D eigenvalue weighted by Crippen LogP contribution is 2.26. The van der Waals surface area contributed by atoms with Crippen molar-refractivity contribution in [2.45, 2.75) is 25.4 Å². The van der Waals surface area contributed by atoms with Gasteiger partial charge in [-0.05, 0) is 25.0 Å². The summed E-state index contributed by atoms with van der Waals surface area (Å²) in [4.78, 5) is 2.06. The maximum absolute atomic E-state index is 13.6. The van der Waals surface area contributed by atoms with E-state index in [1.807, 2.05) is 6.07 Å². The first-order valence-electron chi connectivity index (χ1n) is 5.62. The van der Waals surface area contributed by atoms with Crippen LogP contribution in [0, 0.1) is 5.82 Å². The Hall–Kier alpha value is -1.13. The summed E-state index contributed by atoms with van der Waals surface area (Å²) >= 11 is 0. The minimum absolute atomic E-state index is 0.125. The molecule has 4 heteroatoms. The highest BCUT2D eigenvalue weighted by atomic mass is 19.1. The molecule has 1 unspecified atom stereocenters. The van der Waals surface area contributed by atoms with Crippen molar-refractivity contribution in [3.05, 3.63) is 29.6 Å². The van der Waals surface area contributed by atoms with Gasteiger partial charge in [0.15, 0.2) is 0 Å². The summed E-state index contributed by atoms with van der Waals surface area (Å²) in [5, 5.41) is 9.21. The molecule has 1 aromatic carbocycles. The predicted octanol–water partition coefficient (Wildman–Crippen LogP) is 1.25. The normalized spacial score (nSPS) is 20.4. The number of aliphatic hydroxyl groups is 1. The summed E-state index contributed by atoms with van der Waals surface area (Å²) < 4.78 is 13.6. The fraction of sp³-hybridized carbons (Fsp3) is 0.500. The molecule has 0 spiro atoms. The van der Waals surface area contributed by atoms with Crippen molar-refractivity contribution in [2.75, 3.05) is 18.1 Å². The lowest BCUT2D eigenvalue weighted by Crippen LogP contribution is -2.32. The molecule has 1 heterocycles. The molecule has 1 aromatic rings. The smallest absolute Gasteiger partial charge is 0.129 e. The minimum atomic E-state index is -0.261. The summed E-state index contributed by atoms with van der Waals surface area (Å²) in [7, 11) is 0. The highest BCUT2D eigenvalue weighted by Gasteiger charge is 2.24. The number of hydrogen-bond donors (Lipinski definition) is 2. The topological polar surface area (TPSA) is 49.5 Å². The van der Waals surface area contributed by atoms with E-state index >= 15 is 0 Å². The molecule has 1 aliphatic heterocycles. The predicted molar refractivity (Wildman–Crippen MR) is 61.7 cm³/mol. The number of aliphatic hydroxyl groups excluding tert-OH is 1. The molecule has 3 N–H and O–H groups in total. The zero-order valence-corrected chi connectivity index (χ0v) is 9.19. The van der Waals surface area contributed by atoms with Crippen LogP contribution in [0.5, 0.6) is 0 Å². The van der Waals surface area contributed by atoms with Crippen molar-refractivity contribution in [3.63, 3.8) is 0 Å². The van der Waals surface area contributed by atoms with Crippen molar-refractivity contribution in [3.8, 4) is 0 Å². The van der Waals surface area contributed by atoms with Gasteiger partial charge in [0.05, 0.1) is 12.6 Å². The van der Waals surface area contributed by atoms with Crippen molar-refractivity contribution in [1.29, 1.82) is 0 Å². The van der Waals surface area contributed by atoms with Gasteiger partial charge in [0.25, 0.3) is 0 Å². The number of nitrogens with zero attached hydrogens (tertiary/aromatic N) is 1. The maximum Gasteiger partial charge on any atom is 0.129 e. The fourth-order valence-corrected chi connectivity index (χ4v) is 2.25.